The number of halogens is 2. The zero-order valence-corrected chi connectivity index (χ0v) is 19.5. The predicted octanol–water partition coefficient (Wildman–Crippen LogP) is 5.98. The molecule has 0 saturated heterocycles. The van der Waals surface area contributed by atoms with Crippen LogP contribution in [0.4, 0.5) is 0 Å². The Balaban J connectivity index is 2.15. The zero-order valence-electron chi connectivity index (χ0n) is 17.2. The van der Waals surface area contributed by atoms with Crippen LogP contribution in [-0.4, -0.2) is 29.6 Å². The molecule has 0 spiro atoms. The van der Waals surface area contributed by atoms with Crippen LogP contribution in [0.3, 0.4) is 0 Å². The summed E-state index contributed by atoms with van der Waals surface area (Å²) in [6.45, 7) is 4.13. The highest BCUT2D eigenvalue weighted by molar-refractivity contribution is 7.89. The third-order valence-corrected chi connectivity index (χ3v) is 8.25. The van der Waals surface area contributed by atoms with Crippen LogP contribution < -0.4 is 0 Å². The normalized spacial score (nSPS) is 13.2. The fourth-order valence-corrected chi connectivity index (χ4v) is 5.90. The Morgan fingerprint density at radius 2 is 1.67 bits per heavy atom. The summed E-state index contributed by atoms with van der Waals surface area (Å²) >= 11 is 12.4. The van der Waals surface area contributed by atoms with Crippen LogP contribution in [-0.2, 0) is 10.0 Å². The lowest BCUT2D eigenvalue weighted by atomic mass is 9.92. The van der Waals surface area contributed by atoms with Gasteiger partial charge in [-0.3, -0.25) is 0 Å². The number of rotatable bonds is 8. The summed E-state index contributed by atoms with van der Waals surface area (Å²) in [7, 11) is -2.31. The Labute approximate surface area is 188 Å². The maximum absolute atomic E-state index is 13.6. The predicted molar refractivity (Wildman–Crippen MR) is 122 cm³/mol. The molecular formula is C22H25Cl2N3O2S. The van der Waals surface area contributed by atoms with Gasteiger partial charge < -0.3 is 0 Å². The average Bonchev–Trinajstić information content (AvgIpc) is 3.23. The van der Waals surface area contributed by atoms with Gasteiger partial charge in [0.15, 0.2) is 0 Å². The quantitative estimate of drug-likeness (QED) is 0.411. The summed E-state index contributed by atoms with van der Waals surface area (Å²) in [6.07, 6.45) is 3.32. The second-order valence-corrected chi connectivity index (χ2v) is 9.85. The Kier molecular flexibility index (Phi) is 7.24. The summed E-state index contributed by atoms with van der Waals surface area (Å²) in [5.74, 6) is 0.0851. The molecule has 0 aliphatic rings. The molecular weight excluding hydrogens is 441 g/mol. The van der Waals surface area contributed by atoms with E-state index in [9.17, 15) is 8.42 Å². The average molecular weight is 466 g/mol. The number of sulfonamides is 1. The van der Waals surface area contributed by atoms with Gasteiger partial charge in [-0.05, 0) is 36.2 Å². The van der Waals surface area contributed by atoms with E-state index in [4.69, 9.17) is 23.2 Å². The molecule has 8 heteroatoms. The van der Waals surface area contributed by atoms with E-state index in [1.807, 2.05) is 36.4 Å². The van der Waals surface area contributed by atoms with Crippen molar-refractivity contribution in [3.05, 3.63) is 76.5 Å². The summed E-state index contributed by atoms with van der Waals surface area (Å²) in [5, 5.41) is 4.72. The van der Waals surface area contributed by atoms with Crippen LogP contribution in [0.25, 0.3) is 5.69 Å². The second kappa shape index (κ2) is 9.52. The van der Waals surface area contributed by atoms with E-state index in [1.54, 1.807) is 30.1 Å². The number of aromatic nitrogens is 2. The number of hydrogen-bond donors (Lipinski definition) is 0. The van der Waals surface area contributed by atoms with E-state index in [2.05, 4.69) is 18.9 Å². The van der Waals surface area contributed by atoms with Crippen LogP contribution in [0.5, 0.6) is 0 Å². The molecule has 3 rings (SSSR count). The highest BCUT2D eigenvalue weighted by atomic mass is 35.5. The molecule has 0 N–H and O–H groups in total. The van der Waals surface area contributed by atoms with Crippen molar-refractivity contribution in [1.29, 1.82) is 0 Å². The van der Waals surface area contributed by atoms with Crippen molar-refractivity contribution in [1.82, 2.24) is 14.1 Å². The van der Waals surface area contributed by atoms with Gasteiger partial charge in [0.2, 0.25) is 10.0 Å². The molecule has 1 heterocycles. The van der Waals surface area contributed by atoms with Gasteiger partial charge in [0.05, 0.1) is 27.5 Å². The molecule has 0 aliphatic carbocycles. The Bertz CT molecular complexity index is 1100. The Hall–Kier alpha value is -1.86. The number of hydrogen-bond acceptors (Lipinski definition) is 3. The molecule has 0 aliphatic heterocycles. The van der Waals surface area contributed by atoms with E-state index in [-0.39, 0.29) is 20.9 Å². The number of para-hydroxylation sites is 1. The molecule has 0 saturated carbocycles. The van der Waals surface area contributed by atoms with Gasteiger partial charge in [-0.15, -0.1) is 0 Å². The number of benzene rings is 2. The van der Waals surface area contributed by atoms with Crippen molar-refractivity contribution >= 4 is 33.2 Å². The molecule has 1 unspecified atom stereocenters. The highest BCUT2D eigenvalue weighted by Gasteiger charge is 2.36. The lowest BCUT2D eigenvalue weighted by Crippen LogP contribution is -2.36. The Morgan fingerprint density at radius 3 is 2.30 bits per heavy atom. The molecule has 2 aromatic carbocycles. The van der Waals surface area contributed by atoms with Crippen molar-refractivity contribution in [3.8, 4) is 5.69 Å². The van der Waals surface area contributed by atoms with Crippen LogP contribution in [0.2, 0.25) is 10.0 Å². The standard InChI is InChI=1S/C22H25Cl2N3O2S/c1-4-16(5-2)22(19-14-15-25-27(19)17-10-7-6-8-11-17)26(3)30(28,29)20-13-9-12-18(23)21(20)24/h6-16,22H,4-5H2,1-3H3. The lowest BCUT2D eigenvalue weighted by molar-refractivity contribution is 0.248. The van der Waals surface area contributed by atoms with E-state index in [0.29, 0.717) is 0 Å². The smallest absolute Gasteiger partial charge is 0.236 e. The maximum atomic E-state index is 13.6. The summed E-state index contributed by atoms with van der Waals surface area (Å²) in [5.41, 5.74) is 1.68. The first kappa shape index (κ1) is 22.8. The first-order valence-electron chi connectivity index (χ1n) is 9.84. The Morgan fingerprint density at radius 1 is 1.00 bits per heavy atom. The maximum Gasteiger partial charge on any atom is 0.244 e. The molecule has 0 bridgehead atoms. The first-order chi connectivity index (χ1) is 14.3. The molecule has 30 heavy (non-hydrogen) atoms. The molecule has 1 aromatic heterocycles. The number of nitrogens with zero attached hydrogens (tertiary/aromatic N) is 3. The summed E-state index contributed by atoms with van der Waals surface area (Å²) in [4.78, 5) is 0.000833. The lowest BCUT2D eigenvalue weighted by Gasteiger charge is -2.33. The molecule has 5 nitrogen and oxygen atoms in total. The highest BCUT2D eigenvalue weighted by Crippen LogP contribution is 2.39. The molecule has 0 radical (unpaired) electrons. The van der Waals surface area contributed by atoms with Gasteiger partial charge in [-0.1, -0.05) is 74.2 Å². The van der Waals surface area contributed by atoms with Gasteiger partial charge in [-0.25, -0.2) is 13.1 Å². The molecule has 0 fully saturated rings. The van der Waals surface area contributed by atoms with Crippen LogP contribution in [0.1, 0.15) is 38.4 Å². The fraction of sp³-hybridized carbons (Fsp3) is 0.318. The minimum Gasteiger partial charge on any atom is -0.236 e. The van der Waals surface area contributed by atoms with Crippen LogP contribution >= 0.6 is 23.2 Å². The van der Waals surface area contributed by atoms with Gasteiger partial charge in [-0.2, -0.15) is 9.40 Å². The molecule has 160 valence electrons. The van der Waals surface area contributed by atoms with Gasteiger partial charge in [0.1, 0.15) is 4.90 Å². The molecule has 1 atom stereocenters. The molecule has 3 aromatic rings. The van der Waals surface area contributed by atoms with Gasteiger partial charge in [0, 0.05) is 13.2 Å². The zero-order chi connectivity index (χ0) is 21.9. The van der Waals surface area contributed by atoms with E-state index >= 15 is 0 Å². The van der Waals surface area contributed by atoms with Crippen molar-refractivity contribution in [2.45, 2.75) is 37.6 Å². The van der Waals surface area contributed by atoms with E-state index in [1.165, 1.54) is 10.4 Å². The van der Waals surface area contributed by atoms with E-state index < -0.39 is 16.1 Å². The second-order valence-electron chi connectivity index (χ2n) is 7.10. The van der Waals surface area contributed by atoms with Gasteiger partial charge >= 0.3 is 0 Å². The fourth-order valence-electron chi connectivity index (χ4n) is 3.77. The first-order valence-corrected chi connectivity index (χ1v) is 12.0. The van der Waals surface area contributed by atoms with Crippen molar-refractivity contribution < 1.29 is 8.42 Å². The minimum absolute atomic E-state index is 0.000833. The van der Waals surface area contributed by atoms with E-state index in [0.717, 1.165) is 24.2 Å². The van der Waals surface area contributed by atoms with Crippen LogP contribution in [0, 0.1) is 5.92 Å². The van der Waals surface area contributed by atoms with Crippen LogP contribution in [0.15, 0.2) is 65.7 Å². The van der Waals surface area contributed by atoms with Crippen molar-refractivity contribution in [2.75, 3.05) is 7.05 Å². The topological polar surface area (TPSA) is 55.2 Å². The third kappa shape index (κ3) is 4.28. The SMILES string of the molecule is CCC(CC)C(c1ccnn1-c1ccccc1)N(C)S(=O)(=O)c1cccc(Cl)c1Cl. The van der Waals surface area contributed by atoms with Crippen molar-refractivity contribution in [2.24, 2.45) is 5.92 Å². The minimum atomic E-state index is -3.91. The monoisotopic (exact) mass is 465 g/mol. The largest absolute Gasteiger partial charge is 0.244 e. The van der Waals surface area contributed by atoms with Gasteiger partial charge in [0.25, 0.3) is 0 Å². The molecule has 0 amide bonds. The summed E-state index contributed by atoms with van der Waals surface area (Å²) < 4.78 is 30.4. The van der Waals surface area contributed by atoms with Crippen molar-refractivity contribution in [3.63, 3.8) is 0 Å². The third-order valence-electron chi connectivity index (χ3n) is 5.44. The summed E-state index contributed by atoms with van der Waals surface area (Å²) in [6, 6.07) is 15.8.